The smallest absolute Gasteiger partial charge is 0.237 e. The van der Waals surface area contributed by atoms with Crippen molar-refractivity contribution in [2.45, 2.75) is 45.3 Å². The molecule has 0 aromatic heterocycles. The van der Waals surface area contributed by atoms with Gasteiger partial charge >= 0.3 is 0 Å². The van der Waals surface area contributed by atoms with Crippen molar-refractivity contribution in [1.29, 1.82) is 0 Å². The minimum Gasteiger partial charge on any atom is -0.368 e. The van der Waals surface area contributed by atoms with E-state index in [0.29, 0.717) is 13.1 Å². The first-order chi connectivity index (χ1) is 8.22. The molecule has 0 aliphatic carbocycles. The Morgan fingerprint density at radius 2 is 2.06 bits per heavy atom. The van der Waals surface area contributed by atoms with Gasteiger partial charge in [-0.15, -0.1) is 0 Å². The van der Waals surface area contributed by atoms with Gasteiger partial charge in [0, 0.05) is 25.2 Å². The van der Waals surface area contributed by atoms with Gasteiger partial charge in [0.2, 0.25) is 11.8 Å². The van der Waals surface area contributed by atoms with Gasteiger partial charge in [-0.1, -0.05) is 0 Å². The van der Waals surface area contributed by atoms with Crippen LogP contribution in [0.1, 0.15) is 27.7 Å². The number of nitrogens with zero attached hydrogens (tertiary/aromatic N) is 1. The highest BCUT2D eigenvalue weighted by Crippen LogP contribution is 2.10. The average molecular weight is 256 g/mol. The van der Waals surface area contributed by atoms with Crippen LogP contribution in [-0.4, -0.2) is 54.0 Å². The molecule has 1 heterocycles. The third-order valence-electron chi connectivity index (χ3n) is 2.99. The molecular formula is C12H24N4O2. The number of primary amides is 1. The Kier molecular flexibility index (Phi) is 4.70. The topological polar surface area (TPSA) is 87.5 Å². The van der Waals surface area contributed by atoms with Crippen LogP contribution >= 0.6 is 0 Å². The Bertz CT molecular complexity index is 325. The van der Waals surface area contributed by atoms with E-state index in [1.54, 1.807) is 0 Å². The molecule has 0 spiro atoms. The Labute approximate surface area is 108 Å². The number of hydrogen-bond donors (Lipinski definition) is 3. The van der Waals surface area contributed by atoms with Crippen LogP contribution in [0.15, 0.2) is 0 Å². The van der Waals surface area contributed by atoms with Crippen LogP contribution in [-0.2, 0) is 9.59 Å². The zero-order chi connectivity index (χ0) is 13.9. The lowest BCUT2D eigenvalue weighted by atomic mass is 10.1. The second-order valence-corrected chi connectivity index (χ2v) is 5.78. The second-order valence-electron chi connectivity index (χ2n) is 5.78. The van der Waals surface area contributed by atoms with E-state index in [1.807, 2.05) is 32.6 Å². The van der Waals surface area contributed by atoms with Crippen LogP contribution in [0.2, 0.25) is 0 Å². The normalized spacial score (nSPS) is 23.4. The predicted octanol–water partition coefficient (Wildman–Crippen LogP) is -0.951. The molecule has 0 aromatic rings. The van der Waals surface area contributed by atoms with Crippen molar-refractivity contribution in [3.63, 3.8) is 0 Å². The maximum Gasteiger partial charge on any atom is 0.237 e. The molecule has 0 saturated carbocycles. The van der Waals surface area contributed by atoms with Crippen molar-refractivity contribution in [2.75, 3.05) is 19.6 Å². The SMILES string of the molecule is CC(C(=O)NC(C)(C)C)N1CCNCC1C(N)=O. The van der Waals surface area contributed by atoms with Crippen molar-refractivity contribution in [3.05, 3.63) is 0 Å². The highest BCUT2D eigenvalue weighted by atomic mass is 16.2. The molecule has 6 nitrogen and oxygen atoms in total. The summed E-state index contributed by atoms with van der Waals surface area (Å²) in [6.07, 6.45) is 0. The van der Waals surface area contributed by atoms with Crippen molar-refractivity contribution < 1.29 is 9.59 Å². The first-order valence-corrected chi connectivity index (χ1v) is 6.30. The molecule has 4 N–H and O–H groups in total. The first-order valence-electron chi connectivity index (χ1n) is 6.30. The Hall–Kier alpha value is -1.14. The number of rotatable bonds is 3. The lowest BCUT2D eigenvalue weighted by Gasteiger charge is -2.38. The van der Waals surface area contributed by atoms with Crippen LogP contribution in [0, 0.1) is 0 Å². The van der Waals surface area contributed by atoms with Gasteiger partial charge in [0.25, 0.3) is 0 Å². The van der Waals surface area contributed by atoms with Gasteiger partial charge in [-0.25, -0.2) is 0 Å². The lowest BCUT2D eigenvalue weighted by Crippen LogP contribution is -2.63. The minimum absolute atomic E-state index is 0.0735. The Morgan fingerprint density at radius 3 is 2.56 bits per heavy atom. The molecular weight excluding hydrogens is 232 g/mol. The molecule has 0 radical (unpaired) electrons. The highest BCUT2D eigenvalue weighted by Gasteiger charge is 2.34. The van der Waals surface area contributed by atoms with Crippen LogP contribution < -0.4 is 16.4 Å². The standard InChI is InChI=1S/C12H24N4O2/c1-8(11(18)15-12(2,3)4)16-6-5-14-7-9(16)10(13)17/h8-9,14H,5-7H2,1-4H3,(H2,13,17)(H,15,18). The van der Waals surface area contributed by atoms with Crippen LogP contribution in [0.4, 0.5) is 0 Å². The van der Waals surface area contributed by atoms with E-state index >= 15 is 0 Å². The predicted molar refractivity (Wildman–Crippen MR) is 69.9 cm³/mol. The molecule has 1 aliphatic heterocycles. The zero-order valence-corrected chi connectivity index (χ0v) is 11.6. The number of carbonyl (C=O) groups is 2. The second kappa shape index (κ2) is 5.67. The number of carbonyl (C=O) groups excluding carboxylic acids is 2. The molecule has 2 unspecified atom stereocenters. The number of nitrogens with two attached hydrogens (primary N) is 1. The molecule has 0 bridgehead atoms. The fraction of sp³-hybridized carbons (Fsp3) is 0.833. The third kappa shape index (κ3) is 3.96. The lowest BCUT2D eigenvalue weighted by molar-refractivity contribution is -0.132. The average Bonchev–Trinajstić information content (AvgIpc) is 2.25. The summed E-state index contributed by atoms with van der Waals surface area (Å²) in [6.45, 7) is 9.51. The molecule has 2 atom stereocenters. The fourth-order valence-corrected chi connectivity index (χ4v) is 2.07. The first kappa shape index (κ1) is 14.9. The summed E-state index contributed by atoms with van der Waals surface area (Å²) in [5.41, 5.74) is 5.09. The maximum atomic E-state index is 12.1. The van der Waals surface area contributed by atoms with Crippen molar-refractivity contribution in [3.8, 4) is 0 Å². The van der Waals surface area contributed by atoms with E-state index in [0.717, 1.165) is 6.54 Å². The number of piperazine rings is 1. The van der Waals surface area contributed by atoms with Crippen molar-refractivity contribution in [2.24, 2.45) is 5.73 Å². The summed E-state index contributed by atoms with van der Waals surface area (Å²) < 4.78 is 0. The molecule has 2 amide bonds. The van der Waals surface area contributed by atoms with Gasteiger partial charge in [-0.3, -0.25) is 14.5 Å². The van der Waals surface area contributed by atoms with Gasteiger partial charge in [-0.2, -0.15) is 0 Å². The van der Waals surface area contributed by atoms with Gasteiger partial charge in [0.15, 0.2) is 0 Å². The third-order valence-corrected chi connectivity index (χ3v) is 2.99. The minimum atomic E-state index is -0.417. The van der Waals surface area contributed by atoms with E-state index in [9.17, 15) is 9.59 Å². The van der Waals surface area contributed by atoms with E-state index in [-0.39, 0.29) is 17.5 Å². The summed E-state index contributed by atoms with van der Waals surface area (Å²) in [6, 6.07) is -0.775. The van der Waals surface area contributed by atoms with E-state index in [2.05, 4.69) is 10.6 Å². The number of amides is 2. The molecule has 1 rings (SSSR count). The maximum absolute atomic E-state index is 12.1. The van der Waals surface area contributed by atoms with Gasteiger partial charge in [0.05, 0.1) is 6.04 Å². The van der Waals surface area contributed by atoms with Crippen LogP contribution in [0.25, 0.3) is 0 Å². The molecule has 1 saturated heterocycles. The summed E-state index contributed by atoms with van der Waals surface area (Å²) in [7, 11) is 0. The van der Waals surface area contributed by atoms with Gasteiger partial charge in [0.1, 0.15) is 6.04 Å². The zero-order valence-electron chi connectivity index (χ0n) is 11.6. The van der Waals surface area contributed by atoms with E-state index in [4.69, 9.17) is 5.73 Å². The summed E-state index contributed by atoms with van der Waals surface area (Å²) >= 11 is 0. The summed E-state index contributed by atoms with van der Waals surface area (Å²) in [5, 5.41) is 6.04. The van der Waals surface area contributed by atoms with Crippen LogP contribution in [0.3, 0.4) is 0 Å². The van der Waals surface area contributed by atoms with E-state index in [1.165, 1.54) is 0 Å². The molecule has 1 fully saturated rings. The van der Waals surface area contributed by atoms with E-state index < -0.39 is 11.9 Å². The molecule has 0 aromatic carbocycles. The molecule has 6 heteroatoms. The molecule has 104 valence electrons. The Balaban J connectivity index is 2.71. The summed E-state index contributed by atoms with van der Waals surface area (Å²) in [4.78, 5) is 25.3. The summed E-state index contributed by atoms with van der Waals surface area (Å²) in [5.74, 6) is -0.465. The van der Waals surface area contributed by atoms with Gasteiger partial charge < -0.3 is 16.4 Å². The molecule has 1 aliphatic rings. The Morgan fingerprint density at radius 1 is 1.44 bits per heavy atom. The van der Waals surface area contributed by atoms with Crippen molar-refractivity contribution >= 4 is 11.8 Å². The number of nitrogens with one attached hydrogen (secondary N) is 2. The number of hydrogen-bond acceptors (Lipinski definition) is 4. The fourth-order valence-electron chi connectivity index (χ4n) is 2.07. The van der Waals surface area contributed by atoms with Gasteiger partial charge in [-0.05, 0) is 27.7 Å². The monoisotopic (exact) mass is 256 g/mol. The van der Waals surface area contributed by atoms with Crippen LogP contribution in [0.5, 0.6) is 0 Å². The molecule has 18 heavy (non-hydrogen) atoms. The van der Waals surface area contributed by atoms with Crippen molar-refractivity contribution in [1.82, 2.24) is 15.5 Å². The highest BCUT2D eigenvalue weighted by molar-refractivity contribution is 5.85. The largest absolute Gasteiger partial charge is 0.368 e. The quantitative estimate of drug-likeness (QED) is 0.607.